The Morgan fingerprint density at radius 1 is 1.10 bits per heavy atom. The van der Waals surface area contributed by atoms with Gasteiger partial charge in [0.25, 0.3) is 0 Å². The number of aryl methyl sites for hydroxylation is 1. The van der Waals surface area contributed by atoms with Crippen molar-refractivity contribution >= 4 is 22.7 Å². The first-order valence-corrected chi connectivity index (χ1v) is 7.22. The molecule has 21 heavy (non-hydrogen) atoms. The molecule has 0 spiro atoms. The van der Waals surface area contributed by atoms with Crippen LogP contribution in [-0.2, 0) is 17.3 Å². The van der Waals surface area contributed by atoms with E-state index >= 15 is 0 Å². The first kappa shape index (κ1) is 16.0. The third-order valence-electron chi connectivity index (χ3n) is 2.98. The van der Waals surface area contributed by atoms with Crippen LogP contribution in [0, 0.1) is 6.92 Å². The van der Waals surface area contributed by atoms with E-state index in [2.05, 4.69) is 0 Å². The summed E-state index contributed by atoms with van der Waals surface area (Å²) in [5, 5.41) is -0.0380. The van der Waals surface area contributed by atoms with Crippen LogP contribution in [0.2, 0.25) is 5.02 Å². The third-order valence-corrected chi connectivity index (χ3v) is 3.93. The van der Waals surface area contributed by atoms with Crippen molar-refractivity contribution in [2.24, 2.45) is 0 Å². The SMILES string of the molecule is Cc1cc(S(=O)[O-])ccc1-c1ccc(C(F)(F)F)cc1Cl. The zero-order valence-corrected chi connectivity index (χ0v) is 12.3. The van der Waals surface area contributed by atoms with Crippen LogP contribution >= 0.6 is 11.6 Å². The Bertz CT molecular complexity index is 714. The van der Waals surface area contributed by atoms with E-state index in [1.54, 1.807) is 6.92 Å². The average molecular weight is 334 g/mol. The minimum atomic E-state index is -4.46. The summed E-state index contributed by atoms with van der Waals surface area (Å²) in [7, 11) is 0. The minimum absolute atomic E-state index is 0.0380. The van der Waals surface area contributed by atoms with E-state index in [9.17, 15) is 21.9 Å². The molecule has 0 aromatic heterocycles. The van der Waals surface area contributed by atoms with Gasteiger partial charge in [-0.1, -0.05) is 23.7 Å². The third kappa shape index (κ3) is 3.45. The van der Waals surface area contributed by atoms with E-state index in [-0.39, 0.29) is 9.92 Å². The van der Waals surface area contributed by atoms with Crippen molar-refractivity contribution in [3.05, 3.63) is 52.5 Å². The van der Waals surface area contributed by atoms with E-state index in [4.69, 9.17) is 11.6 Å². The number of alkyl halides is 3. The van der Waals surface area contributed by atoms with Gasteiger partial charge >= 0.3 is 6.18 Å². The molecule has 0 saturated carbocycles. The quantitative estimate of drug-likeness (QED) is 0.755. The Labute approximate surface area is 126 Å². The highest BCUT2D eigenvalue weighted by atomic mass is 35.5. The lowest BCUT2D eigenvalue weighted by molar-refractivity contribution is -0.137. The van der Waals surface area contributed by atoms with Crippen molar-refractivity contribution in [3.8, 4) is 11.1 Å². The van der Waals surface area contributed by atoms with Gasteiger partial charge in [-0.25, -0.2) is 0 Å². The van der Waals surface area contributed by atoms with Crippen LogP contribution in [0.3, 0.4) is 0 Å². The van der Waals surface area contributed by atoms with Crippen LogP contribution in [0.15, 0.2) is 41.3 Å². The van der Waals surface area contributed by atoms with Crippen molar-refractivity contribution in [2.75, 3.05) is 0 Å². The van der Waals surface area contributed by atoms with E-state index in [1.807, 2.05) is 0 Å². The van der Waals surface area contributed by atoms with Crippen LogP contribution in [0.4, 0.5) is 13.2 Å². The van der Waals surface area contributed by atoms with Crippen molar-refractivity contribution in [3.63, 3.8) is 0 Å². The molecule has 112 valence electrons. The summed E-state index contributed by atoms with van der Waals surface area (Å²) in [6, 6.07) is 7.42. The van der Waals surface area contributed by atoms with Gasteiger partial charge in [0.1, 0.15) is 0 Å². The second-order valence-electron chi connectivity index (χ2n) is 4.40. The highest BCUT2D eigenvalue weighted by Gasteiger charge is 2.31. The molecule has 0 radical (unpaired) electrons. The van der Waals surface area contributed by atoms with Gasteiger partial charge in [-0.2, -0.15) is 13.2 Å². The Morgan fingerprint density at radius 3 is 2.19 bits per heavy atom. The molecular weight excluding hydrogens is 325 g/mol. The first-order valence-electron chi connectivity index (χ1n) is 5.77. The standard InChI is InChI=1S/C14H10ClF3O2S/c1-8-6-10(21(19)20)3-5-11(8)12-4-2-9(7-13(12)15)14(16,17)18/h2-7H,1H3,(H,19,20)/p-1. The molecule has 0 N–H and O–H groups in total. The maximum absolute atomic E-state index is 12.6. The topological polar surface area (TPSA) is 40.1 Å². The lowest BCUT2D eigenvalue weighted by atomic mass is 9.99. The van der Waals surface area contributed by atoms with Crippen LogP contribution in [0.5, 0.6) is 0 Å². The van der Waals surface area contributed by atoms with Crippen LogP contribution in [0.25, 0.3) is 11.1 Å². The zero-order chi connectivity index (χ0) is 15.8. The number of benzene rings is 2. The molecule has 0 aliphatic heterocycles. The van der Waals surface area contributed by atoms with E-state index < -0.39 is 22.8 Å². The molecule has 2 rings (SSSR count). The van der Waals surface area contributed by atoms with Gasteiger partial charge in [0.2, 0.25) is 0 Å². The predicted molar refractivity (Wildman–Crippen MR) is 73.8 cm³/mol. The summed E-state index contributed by atoms with van der Waals surface area (Å²) in [5.41, 5.74) is 0.790. The molecule has 7 heteroatoms. The lowest BCUT2D eigenvalue weighted by Crippen LogP contribution is -2.04. The molecule has 2 nitrogen and oxygen atoms in total. The molecule has 2 aromatic rings. The fourth-order valence-electron chi connectivity index (χ4n) is 1.95. The molecule has 0 fully saturated rings. The van der Waals surface area contributed by atoms with E-state index in [0.29, 0.717) is 16.7 Å². The van der Waals surface area contributed by atoms with Gasteiger partial charge in [-0.15, -0.1) is 0 Å². The second-order valence-corrected chi connectivity index (χ2v) is 5.75. The Hall–Kier alpha value is -1.37. The molecule has 0 amide bonds. The van der Waals surface area contributed by atoms with Gasteiger partial charge in [0.15, 0.2) is 0 Å². The van der Waals surface area contributed by atoms with Crippen LogP contribution < -0.4 is 0 Å². The number of hydrogen-bond acceptors (Lipinski definition) is 2. The van der Waals surface area contributed by atoms with Crippen molar-refractivity contribution in [2.45, 2.75) is 18.0 Å². The maximum atomic E-state index is 12.6. The van der Waals surface area contributed by atoms with E-state index in [0.717, 1.165) is 12.1 Å². The molecule has 2 aromatic carbocycles. The number of hydrogen-bond donors (Lipinski definition) is 0. The van der Waals surface area contributed by atoms with E-state index in [1.165, 1.54) is 24.3 Å². The molecule has 0 aliphatic carbocycles. The summed E-state index contributed by atoms with van der Waals surface area (Å²) < 4.78 is 59.5. The maximum Gasteiger partial charge on any atom is 0.416 e. The fraction of sp³-hybridized carbons (Fsp3) is 0.143. The average Bonchev–Trinajstić information content (AvgIpc) is 2.38. The summed E-state index contributed by atoms with van der Waals surface area (Å²) in [5.74, 6) is 0. The monoisotopic (exact) mass is 333 g/mol. The molecule has 1 unspecified atom stereocenters. The Balaban J connectivity index is 2.50. The smallest absolute Gasteiger partial charge is 0.416 e. The van der Waals surface area contributed by atoms with Crippen LogP contribution in [-0.4, -0.2) is 8.76 Å². The highest BCUT2D eigenvalue weighted by Crippen LogP contribution is 2.36. The summed E-state index contributed by atoms with van der Waals surface area (Å²) in [4.78, 5) is 0.110. The Morgan fingerprint density at radius 2 is 1.71 bits per heavy atom. The summed E-state index contributed by atoms with van der Waals surface area (Å²) in [6.45, 7) is 1.67. The van der Waals surface area contributed by atoms with Crippen molar-refractivity contribution in [1.82, 2.24) is 0 Å². The largest absolute Gasteiger partial charge is 0.768 e. The summed E-state index contributed by atoms with van der Waals surface area (Å²) in [6.07, 6.45) is -4.46. The van der Waals surface area contributed by atoms with Crippen molar-refractivity contribution < 1.29 is 21.9 Å². The lowest BCUT2D eigenvalue weighted by Gasteiger charge is -2.13. The number of halogens is 4. The first-order chi connectivity index (χ1) is 9.70. The number of rotatable bonds is 2. The predicted octanol–water partition coefficient (Wildman–Crippen LogP) is 4.57. The van der Waals surface area contributed by atoms with Crippen molar-refractivity contribution in [1.29, 1.82) is 0 Å². The van der Waals surface area contributed by atoms with Gasteiger partial charge in [0.05, 0.1) is 5.56 Å². The normalized spacial score (nSPS) is 13.2. The highest BCUT2D eigenvalue weighted by molar-refractivity contribution is 7.79. The molecule has 0 bridgehead atoms. The zero-order valence-electron chi connectivity index (χ0n) is 10.7. The second kappa shape index (κ2) is 5.79. The fourth-order valence-corrected chi connectivity index (χ4v) is 2.69. The van der Waals surface area contributed by atoms with Crippen LogP contribution in [0.1, 0.15) is 11.1 Å². The molecule has 0 heterocycles. The van der Waals surface area contributed by atoms with Gasteiger partial charge in [-0.05, 0) is 53.4 Å². The van der Waals surface area contributed by atoms with Gasteiger partial charge < -0.3 is 4.55 Å². The summed E-state index contributed by atoms with van der Waals surface area (Å²) >= 11 is 3.57. The molecule has 1 atom stereocenters. The molecular formula is C14H9ClF3O2S-. The Kier molecular flexibility index (Phi) is 4.41. The van der Waals surface area contributed by atoms with Gasteiger partial charge in [0, 0.05) is 15.5 Å². The molecule has 0 saturated heterocycles. The van der Waals surface area contributed by atoms with Gasteiger partial charge in [-0.3, -0.25) is 4.21 Å². The minimum Gasteiger partial charge on any atom is -0.768 e. The molecule has 0 aliphatic rings.